The van der Waals surface area contributed by atoms with Crippen LogP contribution in [0.5, 0.6) is 0 Å². The number of amides is 5. The SMILES string of the molecule is C=CCCNC(=O)C(=O)C(CC1CCC1)NC(=O)C1C2C(CN1C(=O)[C@@H](NC(=O)NC1(CS(=O)(=O)C(C)(C)C)CCCCC1)C(C)(C)C)C2(C)C. The van der Waals surface area contributed by atoms with Crippen LogP contribution < -0.4 is 21.3 Å². The fourth-order valence-electron chi connectivity index (χ4n) is 8.23. The Morgan fingerprint density at radius 2 is 1.57 bits per heavy atom. The minimum Gasteiger partial charge on any atom is -0.349 e. The Bertz CT molecular complexity index is 1470. The zero-order valence-corrected chi connectivity index (χ0v) is 33.0. The lowest BCUT2D eigenvalue weighted by Gasteiger charge is -2.41. The van der Waals surface area contributed by atoms with Gasteiger partial charge in [0.15, 0.2) is 9.84 Å². The topological polar surface area (TPSA) is 171 Å². The van der Waals surface area contributed by atoms with E-state index < -0.39 is 73.2 Å². The molecule has 3 aliphatic carbocycles. The maximum Gasteiger partial charge on any atom is 0.315 e. The van der Waals surface area contributed by atoms with Gasteiger partial charge in [-0.05, 0) is 75.0 Å². The van der Waals surface area contributed by atoms with Gasteiger partial charge in [0.2, 0.25) is 17.6 Å². The highest BCUT2D eigenvalue weighted by molar-refractivity contribution is 7.92. The lowest BCUT2D eigenvalue weighted by atomic mass is 9.80. The van der Waals surface area contributed by atoms with Gasteiger partial charge in [-0.15, -0.1) is 6.58 Å². The van der Waals surface area contributed by atoms with Gasteiger partial charge in [0, 0.05) is 13.1 Å². The van der Waals surface area contributed by atoms with Gasteiger partial charge in [0.1, 0.15) is 12.1 Å². The quantitative estimate of drug-likeness (QED) is 0.119. The number of nitrogens with one attached hydrogen (secondary N) is 4. The summed E-state index contributed by atoms with van der Waals surface area (Å²) in [4.78, 5) is 70.2. The predicted octanol–water partition coefficient (Wildman–Crippen LogP) is 4.04. The van der Waals surface area contributed by atoms with Crippen LogP contribution in [0.2, 0.25) is 0 Å². The first-order valence-electron chi connectivity index (χ1n) is 18.9. The van der Waals surface area contributed by atoms with Crippen molar-refractivity contribution in [2.24, 2.45) is 28.6 Å². The number of piperidine rings is 1. The molecule has 5 atom stereocenters. The van der Waals surface area contributed by atoms with Gasteiger partial charge >= 0.3 is 6.03 Å². The Hall–Kier alpha value is -2.96. The van der Waals surface area contributed by atoms with Crippen molar-refractivity contribution in [3.05, 3.63) is 12.7 Å². The number of urea groups is 1. The van der Waals surface area contributed by atoms with Gasteiger partial charge in [0.25, 0.3) is 5.91 Å². The first-order chi connectivity index (χ1) is 23.5. The Kier molecular flexibility index (Phi) is 12.1. The van der Waals surface area contributed by atoms with E-state index in [1.165, 1.54) is 0 Å². The molecule has 1 heterocycles. The van der Waals surface area contributed by atoms with Gasteiger partial charge in [-0.25, -0.2) is 13.2 Å². The van der Waals surface area contributed by atoms with Crippen molar-refractivity contribution < 1.29 is 32.4 Å². The van der Waals surface area contributed by atoms with Gasteiger partial charge in [-0.2, -0.15) is 0 Å². The van der Waals surface area contributed by atoms with Crippen LogP contribution in [-0.4, -0.2) is 90.1 Å². The van der Waals surface area contributed by atoms with Crippen molar-refractivity contribution in [3.8, 4) is 0 Å². The summed E-state index contributed by atoms with van der Waals surface area (Å²) in [5, 5.41) is 11.4. The summed E-state index contributed by atoms with van der Waals surface area (Å²) >= 11 is 0. The first-order valence-corrected chi connectivity index (χ1v) is 20.5. The number of carbonyl (C=O) groups excluding carboxylic acids is 5. The molecule has 51 heavy (non-hydrogen) atoms. The standard InChI is InChI=1S/C38H63N5O7S/c1-10-11-20-39-32(46)29(44)26(21-24-16-15-17-24)40-31(45)28-27-25(37(27,8)9)22-43(28)33(47)30(35(2,3)4)41-34(48)42-38(18-13-12-14-19-38)23-51(49,50)36(5,6)7/h10,24-28,30H,1,11-23H2,2-9H3,(H,39,46)(H,40,45)(H2,41,42,48)/t25?,26?,27?,28?,30-/m1/s1. The molecule has 13 heteroatoms. The number of hydrogen-bond donors (Lipinski definition) is 4. The second-order valence-electron chi connectivity index (χ2n) is 18.3. The number of rotatable bonds is 14. The summed E-state index contributed by atoms with van der Waals surface area (Å²) in [5.41, 5.74) is -1.93. The molecule has 4 rings (SSSR count). The third-order valence-corrected chi connectivity index (χ3v) is 14.8. The highest BCUT2D eigenvalue weighted by atomic mass is 32.2. The fraction of sp³-hybridized carbons (Fsp3) is 0.816. The van der Waals surface area contributed by atoms with E-state index in [1.807, 2.05) is 20.8 Å². The van der Waals surface area contributed by atoms with E-state index in [1.54, 1.807) is 31.7 Å². The molecular formula is C38H63N5O7S. The van der Waals surface area contributed by atoms with Gasteiger partial charge in [-0.3, -0.25) is 19.2 Å². The van der Waals surface area contributed by atoms with Crippen molar-refractivity contribution >= 4 is 39.4 Å². The third-order valence-electron chi connectivity index (χ3n) is 12.0. The molecule has 1 aliphatic heterocycles. The minimum atomic E-state index is -3.57. The van der Waals surface area contributed by atoms with Crippen LogP contribution in [0.15, 0.2) is 12.7 Å². The summed E-state index contributed by atoms with van der Waals surface area (Å²) in [7, 11) is -3.57. The smallest absolute Gasteiger partial charge is 0.315 e. The van der Waals surface area contributed by atoms with Gasteiger partial charge < -0.3 is 26.2 Å². The van der Waals surface area contributed by atoms with Crippen molar-refractivity contribution in [1.82, 2.24) is 26.2 Å². The van der Waals surface area contributed by atoms with Crippen molar-refractivity contribution in [3.63, 3.8) is 0 Å². The van der Waals surface area contributed by atoms with Crippen molar-refractivity contribution in [2.75, 3.05) is 18.8 Å². The first kappa shape index (κ1) is 40.8. The monoisotopic (exact) mass is 733 g/mol. The molecule has 1 saturated heterocycles. The largest absolute Gasteiger partial charge is 0.349 e. The Balaban J connectivity index is 1.55. The van der Waals surface area contributed by atoms with Crippen LogP contribution in [0.25, 0.3) is 0 Å². The second-order valence-corrected chi connectivity index (χ2v) is 21.0. The Morgan fingerprint density at radius 3 is 2.10 bits per heavy atom. The second kappa shape index (κ2) is 15.2. The maximum atomic E-state index is 14.5. The molecule has 0 aromatic heterocycles. The maximum absolute atomic E-state index is 14.5. The minimum absolute atomic E-state index is 0.0581. The number of sulfone groups is 1. The van der Waals surface area contributed by atoms with Crippen LogP contribution in [0, 0.1) is 28.6 Å². The van der Waals surface area contributed by atoms with Crippen LogP contribution in [0.1, 0.15) is 120 Å². The molecule has 0 aromatic rings. The Morgan fingerprint density at radius 1 is 0.941 bits per heavy atom. The normalized spacial score (nSPS) is 25.3. The van der Waals surface area contributed by atoms with Crippen LogP contribution in [0.4, 0.5) is 4.79 Å². The molecule has 4 fully saturated rings. The van der Waals surface area contributed by atoms with Crippen LogP contribution in [-0.2, 0) is 29.0 Å². The Labute approximate surface area is 305 Å². The number of ketones is 1. The van der Waals surface area contributed by atoms with Crippen LogP contribution >= 0.6 is 0 Å². The lowest BCUT2D eigenvalue weighted by molar-refractivity contribution is -0.145. The van der Waals surface area contributed by atoms with Gasteiger partial charge in [-0.1, -0.05) is 79.2 Å². The fourth-order valence-corrected chi connectivity index (χ4v) is 9.75. The molecular weight excluding hydrogens is 671 g/mol. The number of carbonyl (C=O) groups is 5. The molecule has 0 radical (unpaired) electrons. The number of Topliss-reactive ketones (excluding diaryl/α,β-unsaturated/α-hetero) is 1. The summed E-state index contributed by atoms with van der Waals surface area (Å²) in [6, 6.07) is -3.54. The van der Waals surface area contributed by atoms with E-state index in [0.29, 0.717) is 32.2 Å². The van der Waals surface area contributed by atoms with E-state index in [9.17, 15) is 32.4 Å². The molecule has 0 spiro atoms. The summed E-state index contributed by atoms with van der Waals surface area (Å²) < 4.78 is 25.7. The molecule has 3 saturated carbocycles. The molecule has 0 bridgehead atoms. The highest BCUT2D eigenvalue weighted by Gasteiger charge is 2.70. The summed E-state index contributed by atoms with van der Waals surface area (Å²) in [6.07, 6.45) is 8.95. The van der Waals surface area contributed by atoms with Crippen molar-refractivity contribution in [1.29, 1.82) is 0 Å². The van der Waals surface area contributed by atoms with E-state index in [2.05, 4.69) is 41.7 Å². The summed E-state index contributed by atoms with van der Waals surface area (Å²) in [6.45, 7) is 18.9. The van der Waals surface area contributed by atoms with E-state index in [0.717, 1.165) is 38.5 Å². The molecule has 288 valence electrons. The van der Waals surface area contributed by atoms with E-state index >= 15 is 0 Å². The molecule has 4 unspecified atom stereocenters. The van der Waals surface area contributed by atoms with Crippen molar-refractivity contribution in [2.45, 2.75) is 148 Å². The molecule has 0 aromatic carbocycles. The zero-order chi connectivity index (χ0) is 38.2. The predicted molar refractivity (Wildman–Crippen MR) is 197 cm³/mol. The van der Waals surface area contributed by atoms with E-state index in [-0.39, 0.29) is 35.5 Å². The van der Waals surface area contributed by atoms with Crippen LogP contribution in [0.3, 0.4) is 0 Å². The number of hydrogen-bond acceptors (Lipinski definition) is 7. The number of nitrogens with zero attached hydrogens (tertiary/aromatic N) is 1. The highest BCUT2D eigenvalue weighted by Crippen LogP contribution is 2.65. The average molecular weight is 734 g/mol. The zero-order valence-electron chi connectivity index (χ0n) is 32.2. The molecule has 12 nitrogen and oxygen atoms in total. The molecule has 4 N–H and O–H groups in total. The molecule has 5 amide bonds. The number of fused-ring (bicyclic) bond motifs is 1. The number of likely N-dealkylation sites (tertiary alicyclic amines) is 1. The van der Waals surface area contributed by atoms with E-state index in [4.69, 9.17) is 0 Å². The lowest BCUT2D eigenvalue weighted by Crippen LogP contribution is -2.64. The average Bonchev–Trinajstić information content (AvgIpc) is 3.30. The third kappa shape index (κ3) is 9.16. The summed E-state index contributed by atoms with van der Waals surface area (Å²) in [5.74, 6) is -2.38. The molecule has 4 aliphatic rings. The van der Waals surface area contributed by atoms with Gasteiger partial charge in [0.05, 0.1) is 22.1 Å².